The van der Waals surface area contributed by atoms with Gasteiger partial charge in [-0.3, -0.25) is 0 Å². The minimum Gasteiger partial charge on any atom is -0.464 e. The van der Waals surface area contributed by atoms with Crippen molar-refractivity contribution in [1.82, 2.24) is 9.62 Å². The highest BCUT2D eigenvalue weighted by Gasteiger charge is 2.30. The van der Waals surface area contributed by atoms with Crippen molar-refractivity contribution in [2.75, 3.05) is 26.8 Å². The highest BCUT2D eigenvalue weighted by atomic mass is 32.2. The Kier molecular flexibility index (Phi) is 6.86. The quantitative estimate of drug-likeness (QED) is 0.751. The summed E-state index contributed by atoms with van der Waals surface area (Å²) in [7, 11) is -2.02. The SMILES string of the molecule is CCNCc1cc(S(=O)(=O)N(CCOC)C(C)C)c(C)o1. The van der Waals surface area contributed by atoms with E-state index in [0.717, 1.165) is 6.54 Å². The molecule has 0 aromatic carbocycles. The Hall–Kier alpha value is -0.890. The number of nitrogens with one attached hydrogen (secondary N) is 1. The van der Waals surface area contributed by atoms with Crippen molar-refractivity contribution in [2.45, 2.75) is 45.2 Å². The zero-order valence-corrected chi connectivity index (χ0v) is 14.3. The lowest BCUT2D eigenvalue weighted by atomic mass is 10.4. The Morgan fingerprint density at radius 2 is 2.10 bits per heavy atom. The molecule has 0 spiro atoms. The number of hydrogen-bond acceptors (Lipinski definition) is 5. The molecular formula is C14H26N2O4S. The molecule has 0 atom stereocenters. The van der Waals surface area contributed by atoms with Crippen LogP contribution >= 0.6 is 0 Å². The van der Waals surface area contributed by atoms with Crippen molar-refractivity contribution in [3.8, 4) is 0 Å². The van der Waals surface area contributed by atoms with Gasteiger partial charge in [0.15, 0.2) is 0 Å². The average Bonchev–Trinajstić information content (AvgIpc) is 2.78. The first-order valence-corrected chi connectivity index (χ1v) is 8.59. The number of sulfonamides is 1. The second kappa shape index (κ2) is 7.93. The summed E-state index contributed by atoms with van der Waals surface area (Å²) in [5, 5.41) is 3.12. The van der Waals surface area contributed by atoms with Gasteiger partial charge in [0.05, 0.1) is 13.2 Å². The van der Waals surface area contributed by atoms with Gasteiger partial charge in [-0.1, -0.05) is 6.92 Å². The maximum Gasteiger partial charge on any atom is 0.246 e. The summed E-state index contributed by atoms with van der Waals surface area (Å²) in [5.74, 6) is 1.05. The van der Waals surface area contributed by atoms with Crippen LogP contribution in [0.15, 0.2) is 15.4 Å². The van der Waals surface area contributed by atoms with Crippen LogP contribution in [0.4, 0.5) is 0 Å². The standard InChI is InChI=1S/C14H26N2O4S/c1-6-15-10-13-9-14(12(4)20-13)21(17,18)16(11(2)3)7-8-19-5/h9,11,15H,6-8,10H2,1-5H3. The average molecular weight is 318 g/mol. The first-order chi connectivity index (χ1) is 9.84. The Morgan fingerprint density at radius 1 is 1.43 bits per heavy atom. The van der Waals surface area contributed by atoms with Crippen LogP contribution in [0.5, 0.6) is 0 Å². The molecule has 7 heteroatoms. The molecular weight excluding hydrogens is 292 g/mol. The molecule has 0 aliphatic rings. The molecule has 1 aromatic rings. The number of nitrogens with zero attached hydrogens (tertiary/aromatic N) is 1. The third kappa shape index (κ3) is 4.54. The van der Waals surface area contributed by atoms with Crippen LogP contribution in [0, 0.1) is 6.92 Å². The monoisotopic (exact) mass is 318 g/mol. The summed E-state index contributed by atoms with van der Waals surface area (Å²) in [6, 6.07) is 1.46. The van der Waals surface area contributed by atoms with Gasteiger partial charge in [-0.2, -0.15) is 4.31 Å². The highest BCUT2D eigenvalue weighted by molar-refractivity contribution is 7.89. The molecule has 0 saturated carbocycles. The largest absolute Gasteiger partial charge is 0.464 e. The molecule has 1 N–H and O–H groups in total. The number of aryl methyl sites for hydroxylation is 1. The molecule has 6 nitrogen and oxygen atoms in total. The van der Waals surface area contributed by atoms with E-state index in [1.807, 2.05) is 20.8 Å². The van der Waals surface area contributed by atoms with Crippen LogP contribution < -0.4 is 5.32 Å². The molecule has 21 heavy (non-hydrogen) atoms. The molecule has 0 aliphatic heterocycles. The molecule has 0 fully saturated rings. The maximum atomic E-state index is 12.8. The number of ether oxygens (including phenoxy) is 1. The number of hydrogen-bond donors (Lipinski definition) is 1. The minimum atomic E-state index is -3.58. The summed E-state index contributed by atoms with van der Waals surface area (Å²) in [6.45, 7) is 9.36. The molecule has 1 rings (SSSR count). The van der Waals surface area contributed by atoms with Crippen molar-refractivity contribution in [3.63, 3.8) is 0 Å². The molecule has 0 unspecified atom stereocenters. The zero-order chi connectivity index (χ0) is 16.0. The first kappa shape index (κ1) is 18.2. The van der Waals surface area contributed by atoms with Crippen LogP contribution in [0.3, 0.4) is 0 Å². The van der Waals surface area contributed by atoms with Crippen molar-refractivity contribution >= 4 is 10.0 Å². The normalized spacial score (nSPS) is 12.5. The molecule has 1 heterocycles. The molecule has 122 valence electrons. The Balaban J connectivity index is 3.07. The molecule has 0 radical (unpaired) electrons. The molecule has 0 saturated heterocycles. The first-order valence-electron chi connectivity index (χ1n) is 7.15. The molecule has 0 aliphatic carbocycles. The lowest BCUT2D eigenvalue weighted by molar-refractivity contribution is 0.171. The fraction of sp³-hybridized carbons (Fsp3) is 0.714. The number of rotatable bonds is 9. The van der Waals surface area contributed by atoms with Crippen molar-refractivity contribution < 1.29 is 17.6 Å². The second-order valence-electron chi connectivity index (χ2n) is 5.12. The number of methoxy groups -OCH3 is 1. The van der Waals surface area contributed by atoms with Gasteiger partial charge in [0.2, 0.25) is 10.0 Å². The lowest BCUT2D eigenvalue weighted by Gasteiger charge is -2.25. The summed E-state index contributed by atoms with van der Waals surface area (Å²) in [5.41, 5.74) is 0. The maximum absolute atomic E-state index is 12.8. The smallest absolute Gasteiger partial charge is 0.246 e. The van der Waals surface area contributed by atoms with Crippen LogP contribution in [-0.2, 0) is 21.3 Å². The molecule has 0 bridgehead atoms. The molecule has 1 aromatic heterocycles. The van der Waals surface area contributed by atoms with Crippen LogP contribution in [0.2, 0.25) is 0 Å². The van der Waals surface area contributed by atoms with Gasteiger partial charge in [-0.15, -0.1) is 0 Å². The van der Waals surface area contributed by atoms with Crippen molar-refractivity contribution in [2.24, 2.45) is 0 Å². The fourth-order valence-corrected chi connectivity index (χ4v) is 3.89. The van der Waals surface area contributed by atoms with E-state index in [2.05, 4.69) is 5.32 Å². The van der Waals surface area contributed by atoms with E-state index in [-0.39, 0.29) is 10.9 Å². The van der Waals surface area contributed by atoms with Gasteiger partial charge in [-0.05, 0) is 27.3 Å². The van der Waals surface area contributed by atoms with Gasteiger partial charge in [0, 0.05) is 25.8 Å². The summed E-state index contributed by atoms with van der Waals surface area (Å²) >= 11 is 0. The zero-order valence-electron chi connectivity index (χ0n) is 13.5. The van der Waals surface area contributed by atoms with E-state index in [4.69, 9.17) is 9.15 Å². The van der Waals surface area contributed by atoms with Gasteiger partial charge in [-0.25, -0.2) is 8.42 Å². The van der Waals surface area contributed by atoms with E-state index >= 15 is 0 Å². The van der Waals surface area contributed by atoms with E-state index in [1.54, 1.807) is 20.1 Å². The Labute approximate surface area is 127 Å². The van der Waals surface area contributed by atoms with Crippen LogP contribution in [0.25, 0.3) is 0 Å². The van der Waals surface area contributed by atoms with Gasteiger partial charge in [0.1, 0.15) is 16.4 Å². The molecule has 0 amide bonds. The summed E-state index contributed by atoms with van der Waals surface area (Å²) < 4.78 is 37.5. The predicted octanol–water partition coefficient (Wildman–Crippen LogP) is 1.74. The van der Waals surface area contributed by atoms with E-state index in [0.29, 0.717) is 31.2 Å². The van der Waals surface area contributed by atoms with Gasteiger partial charge in [0.25, 0.3) is 0 Å². The topological polar surface area (TPSA) is 71.8 Å². The third-order valence-electron chi connectivity index (χ3n) is 3.15. The van der Waals surface area contributed by atoms with Crippen LogP contribution in [-0.4, -0.2) is 45.6 Å². The predicted molar refractivity (Wildman–Crippen MR) is 81.7 cm³/mol. The van der Waals surface area contributed by atoms with E-state index in [1.165, 1.54) is 4.31 Å². The Morgan fingerprint density at radius 3 is 2.62 bits per heavy atom. The van der Waals surface area contributed by atoms with Crippen molar-refractivity contribution in [1.29, 1.82) is 0 Å². The third-order valence-corrected chi connectivity index (χ3v) is 5.33. The second-order valence-corrected chi connectivity index (χ2v) is 6.97. The van der Waals surface area contributed by atoms with Crippen molar-refractivity contribution in [3.05, 3.63) is 17.6 Å². The minimum absolute atomic E-state index is 0.142. The van der Waals surface area contributed by atoms with Gasteiger partial charge >= 0.3 is 0 Å². The van der Waals surface area contributed by atoms with Gasteiger partial charge < -0.3 is 14.5 Å². The fourth-order valence-electron chi connectivity index (χ4n) is 2.08. The Bertz CT molecular complexity index is 537. The van der Waals surface area contributed by atoms with E-state index in [9.17, 15) is 8.42 Å². The summed E-state index contributed by atoms with van der Waals surface area (Å²) in [4.78, 5) is 0.236. The number of furan rings is 1. The lowest BCUT2D eigenvalue weighted by Crippen LogP contribution is -2.39. The highest BCUT2D eigenvalue weighted by Crippen LogP contribution is 2.25. The van der Waals surface area contributed by atoms with E-state index < -0.39 is 10.0 Å². The summed E-state index contributed by atoms with van der Waals surface area (Å²) in [6.07, 6.45) is 0. The van der Waals surface area contributed by atoms with Crippen LogP contribution in [0.1, 0.15) is 32.3 Å².